The van der Waals surface area contributed by atoms with Crippen LogP contribution < -0.4 is 5.32 Å². The van der Waals surface area contributed by atoms with E-state index in [0.717, 1.165) is 19.3 Å². The number of non-ortho nitro benzene ring substituents is 1. The molecule has 0 aliphatic heterocycles. The average Bonchev–Trinajstić information content (AvgIpc) is 2.41. The lowest BCUT2D eigenvalue weighted by molar-refractivity contribution is -0.384. The Morgan fingerprint density at radius 1 is 1.26 bits per heavy atom. The highest BCUT2D eigenvalue weighted by atomic mass is 16.6. The third kappa shape index (κ3) is 3.29. The molecule has 2 unspecified atom stereocenters. The predicted octanol–water partition coefficient (Wildman–Crippen LogP) is 1.63. The molecule has 2 N–H and O–H groups in total. The first-order valence-electron chi connectivity index (χ1n) is 6.31. The van der Waals surface area contributed by atoms with Crippen molar-refractivity contribution in [3.63, 3.8) is 0 Å². The number of nitrogens with zero attached hydrogens (tertiary/aromatic N) is 1. The number of rotatable bonds is 3. The normalized spacial score (nSPS) is 22.8. The maximum atomic E-state index is 11.9. The van der Waals surface area contributed by atoms with Crippen LogP contribution in [0.2, 0.25) is 0 Å². The molecule has 1 aliphatic rings. The standard InChI is InChI=1S/C13H16N2O4/c16-12-4-2-1-3-11(12)14-13(17)9-5-7-10(8-6-9)15(18)19/h5-8,11-12,16H,1-4H2,(H,14,17). The van der Waals surface area contributed by atoms with E-state index in [9.17, 15) is 20.0 Å². The highest BCUT2D eigenvalue weighted by Crippen LogP contribution is 2.19. The molecule has 0 spiro atoms. The first kappa shape index (κ1) is 13.5. The van der Waals surface area contributed by atoms with E-state index in [1.165, 1.54) is 24.3 Å². The second kappa shape index (κ2) is 5.79. The van der Waals surface area contributed by atoms with Crippen LogP contribution >= 0.6 is 0 Å². The lowest BCUT2D eigenvalue weighted by Crippen LogP contribution is -2.45. The minimum atomic E-state index is -0.507. The van der Waals surface area contributed by atoms with Crippen LogP contribution in [0, 0.1) is 10.1 Å². The van der Waals surface area contributed by atoms with Gasteiger partial charge in [0.2, 0.25) is 0 Å². The number of amides is 1. The molecule has 1 saturated carbocycles. The predicted molar refractivity (Wildman–Crippen MR) is 68.8 cm³/mol. The van der Waals surface area contributed by atoms with E-state index in [4.69, 9.17) is 0 Å². The molecule has 6 nitrogen and oxygen atoms in total. The lowest BCUT2D eigenvalue weighted by atomic mass is 9.92. The Morgan fingerprint density at radius 2 is 1.89 bits per heavy atom. The van der Waals surface area contributed by atoms with E-state index >= 15 is 0 Å². The smallest absolute Gasteiger partial charge is 0.269 e. The topological polar surface area (TPSA) is 92.5 Å². The van der Waals surface area contributed by atoms with E-state index in [2.05, 4.69) is 5.32 Å². The summed E-state index contributed by atoms with van der Waals surface area (Å²) in [5, 5.41) is 23.1. The quantitative estimate of drug-likeness (QED) is 0.641. The molecular weight excluding hydrogens is 248 g/mol. The molecule has 0 heterocycles. The lowest BCUT2D eigenvalue weighted by Gasteiger charge is -2.28. The summed E-state index contributed by atoms with van der Waals surface area (Å²) in [4.78, 5) is 22.0. The van der Waals surface area contributed by atoms with Gasteiger partial charge < -0.3 is 10.4 Å². The fourth-order valence-electron chi connectivity index (χ4n) is 2.27. The molecule has 2 atom stereocenters. The molecule has 0 radical (unpaired) electrons. The van der Waals surface area contributed by atoms with Crippen molar-refractivity contribution in [2.24, 2.45) is 0 Å². The summed E-state index contributed by atoms with van der Waals surface area (Å²) in [5.74, 6) is -0.305. The summed E-state index contributed by atoms with van der Waals surface area (Å²) >= 11 is 0. The van der Waals surface area contributed by atoms with Gasteiger partial charge in [0.05, 0.1) is 17.1 Å². The first-order chi connectivity index (χ1) is 9.08. The second-order valence-corrected chi connectivity index (χ2v) is 4.74. The first-order valence-corrected chi connectivity index (χ1v) is 6.31. The van der Waals surface area contributed by atoms with Crippen LogP contribution in [0.3, 0.4) is 0 Å². The van der Waals surface area contributed by atoms with Crippen LogP contribution in [0.1, 0.15) is 36.0 Å². The van der Waals surface area contributed by atoms with Gasteiger partial charge in [0.1, 0.15) is 0 Å². The Bertz CT molecular complexity index is 472. The van der Waals surface area contributed by atoms with Gasteiger partial charge in [-0.05, 0) is 25.0 Å². The fourth-order valence-corrected chi connectivity index (χ4v) is 2.27. The van der Waals surface area contributed by atoms with Gasteiger partial charge in [-0.2, -0.15) is 0 Å². The SMILES string of the molecule is O=C(NC1CCCCC1O)c1ccc([N+](=O)[O-])cc1. The summed E-state index contributed by atoms with van der Waals surface area (Å²) in [5.41, 5.74) is 0.317. The summed E-state index contributed by atoms with van der Waals surface area (Å²) in [6, 6.07) is 5.21. The van der Waals surface area contributed by atoms with Crippen LogP contribution in [0.15, 0.2) is 24.3 Å². The van der Waals surface area contributed by atoms with Gasteiger partial charge in [0, 0.05) is 17.7 Å². The monoisotopic (exact) mass is 264 g/mol. The average molecular weight is 264 g/mol. The molecule has 19 heavy (non-hydrogen) atoms. The number of nitro groups is 1. The van der Waals surface area contributed by atoms with E-state index in [0.29, 0.717) is 12.0 Å². The summed E-state index contributed by atoms with van der Waals surface area (Å²) in [7, 11) is 0. The Morgan fingerprint density at radius 3 is 2.47 bits per heavy atom. The number of aliphatic hydroxyl groups excluding tert-OH is 1. The van der Waals surface area contributed by atoms with Gasteiger partial charge in [0.25, 0.3) is 11.6 Å². The number of hydrogen-bond acceptors (Lipinski definition) is 4. The third-order valence-electron chi connectivity index (χ3n) is 3.39. The van der Waals surface area contributed by atoms with Crippen molar-refractivity contribution in [2.45, 2.75) is 37.8 Å². The zero-order chi connectivity index (χ0) is 13.8. The number of benzene rings is 1. The van der Waals surface area contributed by atoms with Crippen molar-refractivity contribution in [1.29, 1.82) is 0 Å². The van der Waals surface area contributed by atoms with Gasteiger partial charge in [-0.1, -0.05) is 12.8 Å². The van der Waals surface area contributed by atoms with Crippen LogP contribution in [-0.2, 0) is 0 Å². The van der Waals surface area contributed by atoms with Crippen LogP contribution in [0.4, 0.5) is 5.69 Å². The molecule has 1 aromatic rings. The van der Waals surface area contributed by atoms with Crippen LogP contribution in [-0.4, -0.2) is 28.1 Å². The van der Waals surface area contributed by atoms with Crippen molar-refractivity contribution in [2.75, 3.05) is 0 Å². The van der Waals surface area contributed by atoms with Gasteiger partial charge >= 0.3 is 0 Å². The van der Waals surface area contributed by atoms with Crippen molar-refractivity contribution >= 4 is 11.6 Å². The van der Waals surface area contributed by atoms with Gasteiger partial charge in [-0.3, -0.25) is 14.9 Å². The molecule has 6 heteroatoms. The van der Waals surface area contributed by atoms with E-state index in [-0.39, 0.29) is 17.6 Å². The summed E-state index contributed by atoms with van der Waals surface area (Å²) in [6.45, 7) is 0. The van der Waals surface area contributed by atoms with Crippen LogP contribution in [0.25, 0.3) is 0 Å². The van der Waals surface area contributed by atoms with Gasteiger partial charge in [0.15, 0.2) is 0 Å². The molecule has 1 fully saturated rings. The second-order valence-electron chi connectivity index (χ2n) is 4.74. The Labute approximate surface area is 110 Å². The minimum Gasteiger partial charge on any atom is -0.391 e. The summed E-state index contributed by atoms with van der Waals surface area (Å²) in [6.07, 6.45) is 2.93. The highest BCUT2D eigenvalue weighted by Gasteiger charge is 2.24. The third-order valence-corrected chi connectivity index (χ3v) is 3.39. The van der Waals surface area contributed by atoms with Crippen molar-refractivity contribution < 1.29 is 14.8 Å². The van der Waals surface area contributed by atoms with Crippen LogP contribution in [0.5, 0.6) is 0 Å². The molecular formula is C13H16N2O4. The Balaban J connectivity index is 2.01. The van der Waals surface area contributed by atoms with E-state index in [1.54, 1.807) is 0 Å². The summed E-state index contributed by atoms with van der Waals surface area (Å²) < 4.78 is 0. The van der Waals surface area contributed by atoms with E-state index < -0.39 is 11.0 Å². The molecule has 0 aromatic heterocycles. The Kier molecular flexibility index (Phi) is 4.11. The molecule has 102 valence electrons. The van der Waals surface area contributed by atoms with Crippen molar-refractivity contribution in [3.05, 3.63) is 39.9 Å². The zero-order valence-electron chi connectivity index (χ0n) is 10.4. The van der Waals surface area contributed by atoms with Gasteiger partial charge in [-0.25, -0.2) is 0 Å². The van der Waals surface area contributed by atoms with Crippen molar-refractivity contribution in [1.82, 2.24) is 5.32 Å². The molecule has 2 rings (SSSR count). The highest BCUT2D eigenvalue weighted by molar-refractivity contribution is 5.94. The molecule has 1 aliphatic carbocycles. The number of hydrogen-bond donors (Lipinski definition) is 2. The number of nitro benzene ring substituents is 1. The maximum absolute atomic E-state index is 11.9. The molecule has 1 aromatic carbocycles. The number of carbonyl (C=O) groups excluding carboxylic acids is 1. The fraction of sp³-hybridized carbons (Fsp3) is 0.462. The number of carbonyl (C=O) groups is 1. The number of nitrogens with one attached hydrogen (secondary N) is 1. The Hall–Kier alpha value is -1.95. The largest absolute Gasteiger partial charge is 0.391 e. The molecule has 0 bridgehead atoms. The van der Waals surface area contributed by atoms with E-state index in [1.807, 2.05) is 0 Å². The molecule has 0 saturated heterocycles. The van der Waals surface area contributed by atoms with Gasteiger partial charge in [-0.15, -0.1) is 0 Å². The number of aliphatic hydroxyl groups is 1. The maximum Gasteiger partial charge on any atom is 0.269 e. The van der Waals surface area contributed by atoms with Crippen molar-refractivity contribution in [3.8, 4) is 0 Å². The minimum absolute atomic E-state index is 0.0470. The zero-order valence-corrected chi connectivity index (χ0v) is 10.4. The molecule has 1 amide bonds.